The van der Waals surface area contributed by atoms with Gasteiger partial charge in [-0.1, -0.05) is 12.5 Å². The maximum atomic E-state index is 14.2. The van der Waals surface area contributed by atoms with Crippen LogP contribution in [0.1, 0.15) is 30.7 Å². The average Bonchev–Trinajstić information content (AvgIpc) is 2.62. The summed E-state index contributed by atoms with van der Waals surface area (Å²) in [7, 11) is 0. The highest BCUT2D eigenvalue weighted by Gasteiger charge is 2.42. The van der Waals surface area contributed by atoms with Gasteiger partial charge in [-0.15, -0.1) is 0 Å². The number of rotatable bonds is 4. The SMILES string of the molecule is Nc1ccc(-c2ccc(CC3(c4ncccc4F)CCC3)nn2)cc1F. The van der Waals surface area contributed by atoms with Gasteiger partial charge in [0.05, 0.1) is 22.8 Å². The molecular formula is C20H18F2N4. The minimum atomic E-state index is -0.479. The van der Waals surface area contributed by atoms with E-state index in [0.29, 0.717) is 23.4 Å². The van der Waals surface area contributed by atoms with E-state index in [1.807, 2.05) is 6.07 Å². The first-order valence-electron chi connectivity index (χ1n) is 8.56. The minimum Gasteiger partial charge on any atom is -0.396 e. The van der Waals surface area contributed by atoms with E-state index in [9.17, 15) is 8.78 Å². The Balaban J connectivity index is 1.59. The zero-order chi connectivity index (χ0) is 18.1. The number of aromatic nitrogens is 3. The number of benzene rings is 1. The summed E-state index contributed by atoms with van der Waals surface area (Å²) in [5.41, 5.74) is 7.76. The highest BCUT2D eigenvalue weighted by molar-refractivity contribution is 5.61. The van der Waals surface area contributed by atoms with Gasteiger partial charge in [0.2, 0.25) is 0 Å². The Morgan fingerprint density at radius 1 is 1.00 bits per heavy atom. The predicted molar refractivity (Wildman–Crippen MR) is 95.3 cm³/mol. The van der Waals surface area contributed by atoms with E-state index in [2.05, 4.69) is 15.2 Å². The Bertz CT molecular complexity index is 937. The van der Waals surface area contributed by atoms with E-state index < -0.39 is 5.82 Å². The fraction of sp³-hybridized carbons (Fsp3) is 0.250. The summed E-state index contributed by atoms with van der Waals surface area (Å²) in [4.78, 5) is 4.28. The summed E-state index contributed by atoms with van der Waals surface area (Å²) in [6, 6.07) is 11.3. The Morgan fingerprint density at radius 2 is 1.85 bits per heavy atom. The topological polar surface area (TPSA) is 64.7 Å². The maximum Gasteiger partial charge on any atom is 0.146 e. The van der Waals surface area contributed by atoms with Crippen molar-refractivity contribution < 1.29 is 8.78 Å². The minimum absolute atomic E-state index is 0.0997. The third kappa shape index (κ3) is 2.92. The summed E-state index contributed by atoms with van der Waals surface area (Å²) < 4.78 is 27.9. The van der Waals surface area contributed by atoms with Crippen molar-refractivity contribution in [2.75, 3.05) is 5.73 Å². The van der Waals surface area contributed by atoms with E-state index in [-0.39, 0.29) is 16.9 Å². The van der Waals surface area contributed by atoms with Crippen molar-refractivity contribution in [3.05, 3.63) is 71.7 Å². The fourth-order valence-electron chi connectivity index (χ4n) is 3.52. The molecule has 2 N–H and O–H groups in total. The molecule has 26 heavy (non-hydrogen) atoms. The average molecular weight is 352 g/mol. The fourth-order valence-corrected chi connectivity index (χ4v) is 3.52. The van der Waals surface area contributed by atoms with Gasteiger partial charge in [-0.05, 0) is 49.2 Å². The van der Waals surface area contributed by atoms with E-state index in [1.165, 1.54) is 18.2 Å². The van der Waals surface area contributed by atoms with Crippen LogP contribution in [0.25, 0.3) is 11.3 Å². The second-order valence-electron chi connectivity index (χ2n) is 6.79. The summed E-state index contributed by atoms with van der Waals surface area (Å²) in [5, 5.41) is 8.48. The molecule has 0 atom stereocenters. The molecule has 1 aliphatic carbocycles. The molecule has 0 radical (unpaired) electrons. The van der Waals surface area contributed by atoms with E-state index in [0.717, 1.165) is 25.0 Å². The molecule has 4 nitrogen and oxygen atoms in total. The largest absolute Gasteiger partial charge is 0.396 e. The standard InChI is InChI=1S/C20H18F2N4/c21-15-3-1-10-24-19(15)20(8-2-9-20)12-14-5-7-18(26-25-14)13-4-6-17(23)16(22)11-13/h1,3-7,10-11H,2,8-9,12,23H2. The Kier molecular flexibility index (Phi) is 4.11. The monoisotopic (exact) mass is 352 g/mol. The van der Waals surface area contributed by atoms with Crippen molar-refractivity contribution in [2.24, 2.45) is 0 Å². The molecule has 4 rings (SSSR count). The second-order valence-corrected chi connectivity index (χ2v) is 6.79. The van der Waals surface area contributed by atoms with Crippen LogP contribution in [0.3, 0.4) is 0 Å². The first-order valence-corrected chi connectivity index (χ1v) is 8.56. The highest BCUT2D eigenvalue weighted by atomic mass is 19.1. The van der Waals surface area contributed by atoms with Gasteiger partial charge in [0.1, 0.15) is 11.6 Å². The van der Waals surface area contributed by atoms with Crippen LogP contribution >= 0.6 is 0 Å². The smallest absolute Gasteiger partial charge is 0.146 e. The van der Waals surface area contributed by atoms with Gasteiger partial charge in [0.15, 0.2) is 0 Å². The van der Waals surface area contributed by atoms with Gasteiger partial charge < -0.3 is 5.73 Å². The van der Waals surface area contributed by atoms with Gasteiger partial charge in [-0.2, -0.15) is 10.2 Å². The lowest BCUT2D eigenvalue weighted by Crippen LogP contribution is -2.38. The van der Waals surface area contributed by atoms with E-state index >= 15 is 0 Å². The number of nitrogens with zero attached hydrogens (tertiary/aromatic N) is 3. The Morgan fingerprint density at radius 3 is 2.46 bits per heavy atom. The number of halogens is 2. The molecule has 0 saturated heterocycles. The molecule has 3 aromatic rings. The van der Waals surface area contributed by atoms with Gasteiger partial charge in [-0.3, -0.25) is 4.98 Å². The van der Waals surface area contributed by atoms with Gasteiger partial charge >= 0.3 is 0 Å². The van der Waals surface area contributed by atoms with Gasteiger partial charge in [0, 0.05) is 23.6 Å². The van der Waals surface area contributed by atoms with E-state index in [4.69, 9.17) is 5.73 Å². The molecule has 2 aromatic heterocycles. The lowest BCUT2D eigenvalue weighted by molar-refractivity contribution is 0.223. The Hall–Kier alpha value is -2.89. The summed E-state index contributed by atoms with van der Waals surface area (Å²) in [5.74, 6) is -0.749. The molecule has 1 aliphatic rings. The van der Waals surface area contributed by atoms with Gasteiger partial charge in [0.25, 0.3) is 0 Å². The highest BCUT2D eigenvalue weighted by Crippen LogP contribution is 2.45. The number of hydrogen-bond donors (Lipinski definition) is 1. The number of anilines is 1. The molecule has 0 amide bonds. The first kappa shape index (κ1) is 16.6. The second kappa shape index (κ2) is 6.44. The number of nitrogens with two attached hydrogens (primary N) is 1. The van der Waals surface area contributed by atoms with E-state index in [1.54, 1.807) is 24.4 Å². The van der Waals surface area contributed by atoms with Crippen LogP contribution in [0, 0.1) is 11.6 Å². The molecule has 0 spiro atoms. The third-order valence-corrected chi connectivity index (χ3v) is 5.11. The Labute approximate surface area is 150 Å². The molecule has 0 aliphatic heterocycles. The molecule has 6 heteroatoms. The quantitative estimate of drug-likeness (QED) is 0.719. The number of pyridine rings is 1. The molecule has 2 heterocycles. The van der Waals surface area contributed by atoms with Crippen LogP contribution in [0.5, 0.6) is 0 Å². The zero-order valence-corrected chi connectivity index (χ0v) is 14.1. The predicted octanol–water partition coefficient (Wildman–Crippen LogP) is 4.06. The summed E-state index contributed by atoms with van der Waals surface area (Å²) >= 11 is 0. The molecule has 0 unspecified atom stereocenters. The number of nitrogen functional groups attached to an aromatic ring is 1. The molecule has 132 valence electrons. The third-order valence-electron chi connectivity index (χ3n) is 5.11. The molecular weight excluding hydrogens is 334 g/mol. The molecule has 1 fully saturated rings. The van der Waals surface area contributed by atoms with Crippen molar-refractivity contribution in [3.8, 4) is 11.3 Å². The van der Waals surface area contributed by atoms with Crippen LogP contribution in [-0.2, 0) is 11.8 Å². The van der Waals surface area contributed by atoms with Crippen LogP contribution in [0.2, 0.25) is 0 Å². The van der Waals surface area contributed by atoms with Crippen molar-refractivity contribution in [1.29, 1.82) is 0 Å². The summed E-state index contributed by atoms with van der Waals surface area (Å²) in [6.45, 7) is 0. The van der Waals surface area contributed by atoms with Crippen molar-refractivity contribution >= 4 is 5.69 Å². The molecule has 1 saturated carbocycles. The van der Waals surface area contributed by atoms with Crippen LogP contribution in [0.15, 0.2) is 48.7 Å². The van der Waals surface area contributed by atoms with Crippen LogP contribution in [0.4, 0.5) is 14.5 Å². The van der Waals surface area contributed by atoms with Crippen LogP contribution in [-0.4, -0.2) is 15.2 Å². The lowest BCUT2D eigenvalue weighted by Gasteiger charge is -2.41. The zero-order valence-electron chi connectivity index (χ0n) is 14.1. The normalized spacial score (nSPS) is 15.5. The first-order chi connectivity index (χ1) is 12.6. The molecule has 1 aromatic carbocycles. The molecule has 0 bridgehead atoms. The van der Waals surface area contributed by atoms with Crippen molar-refractivity contribution in [1.82, 2.24) is 15.2 Å². The van der Waals surface area contributed by atoms with Crippen molar-refractivity contribution in [2.45, 2.75) is 31.1 Å². The van der Waals surface area contributed by atoms with Crippen molar-refractivity contribution in [3.63, 3.8) is 0 Å². The lowest BCUT2D eigenvalue weighted by atomic mass is 9.63. The summed E-state index contributed by atoms with van der Waals surface area (Å²) in [6.07, 6.45) is 5.03. The van der Waals surface area contributed by atoms with Gasteiger partial charge in [-0.25, -0.2) is 8.78 Å². The van der Waals surface area contributed by atoms with Crippen LogP contribution < -0.4 is 5.73 Å². The maximum absolute atomic E-state index is 14.2. The number of hydrogen-bond acceptors (Lipinski definition) is 4.